The summed E-state index contributed by atoms with van der Waals surface area (Å²) in [6.07, 6.45) is 0.106. The van der Waals surface area contributed by atoms with Gasteiger partial charge in [0.1, 0.15) is 5.75 Å². The van der Waals surface area contributed by atoms with Crippen molar-refractivity contribution in [3.63, 3.8) is 0 Å². The number of carbonyl (C=O) groups is 1. The van der Waals surface area contributed by atoms with E-state index in [-0.39, 0.29) is 23.9 Å². The van der Waals surface area contributed by atoms with Crippen molar-refractivity contribution in [3.8, 4) is 17.2 Å². The zero-order valence-corrected chi connectivity index (χ0v) is 13.1. The van der Waals surface area contributed by atoms with E-state index < -0.39 is 0 Å². The van der Waals surface area contributed by atoms with Crippen molar-refractivity contribution in [1.29, 1.82) is 0 Å². The molecule has 0 radical (unpaired) electrons. The maximum absolute atomic E-state index is 12.3. The van der Waals surface area contributed by atoms with Gasteiger partial charge in [0.05, 0.1) is 26.2 Å². The van der Waals surface area contributed by atoms with E-state index in [1.165, 1.54) is 0 Å². The van der Waals surface area contributed by atoms with Gasteiger partial charge in [-0.3, -0.25) is 9.59 Å². The molecule has 1 aromatic heterocycles. The van der Waals surface area contributed by atoms with Crippen LogP contribution in [0.5, 0.6) is 17.2 Å². The smallest absolute Gasteiger partial charge is 0.312 e. The molecule has 0 aliphatic carbocycles. The van der Waals surface area contributed by atoms with Crippen LogP contribution in [0.2, 0.25) is 0 Å². The van der Waals surface area contributed by atoms with E-state index in [0.717, 1.165) is 5.56 Å². The Kier molecular flexibility index (Phi) is 3.82. The monoisotopic (exact) mass is 315 g/mol. The molecule has 0 amide bonds. The minimum absolute atomic E-state index is 0.106. The third-order valence-corrected chi connectivity index (χ3v) is 3.92. The van der Waals surface area contributed by atoms with E-state index in [9.17, 15) is 9.59 Å². The molecule has 1 aliphatic rings. The first kappa shape index (κ1) is 15.1. The average molecular weight is 315 g/mol. The predicted octanol–water partition coefficient (Wildman–Crippen LogP) is 2.14. The van der Waals surface area contributed by atoms with Gasteiger partial charge in [-0.25, -0.2) is 0 Å². The fourth-order valence-electron chi connectivity index (χ4n) is 2.87. The van der Waals surface area contributed by atoms with E-state index in [2.05, 4.69) is 4.98 Å². The number of pyridine rings is 1. The summed E-state index contributed by atoms with van der Waals surface area (Å²) in [7, 11) is 3.10. The van der Waals surface area contributed by atoms with Crippen LogP contribution in [0.1, 0.15) is 29.2 Å². The number of ether oxygens (including phenoxy) is 3. The van der Waals surface area contributed by atoms with Crippen molar-refractivity contribution in [3.05, 3.63) is 51.4 Å². The summed E-state index contributed by atoms with van der Waals surface area (Å²) >= 11 is 0. The summed E-state index contributed by atoms with van der Waals surface area (Å²) in [6.45, 7) is 1.75. The summed E-state index contributed by atoms with van der Waals surface area (Å²) < 4.78 is 15.8. The van der Waals surface area contributed by atoms with Gasteiger partial charge < -0.3 is 19.2 Å². The topological polar surface area (TPSA) is 77.6 Å². The fourth-order valence-corrected chi connectivity index (χ4v) is 2.87. The lowest BCUT2D eigenvalue weighted by Gasteiger charge is -2.24. The SMILES string of the molecule is COc1ccc(C2CC(=O)Oc3cc(C)[nH]c(=O)c32)cc1OC. The number of fused-ring (bicyclic) bond motifs is 1. The van der Waals surface area contributed by atoms with Crippen molar-refractivity contribution in [2.75, 3.05) is 14.2 Å². The minimum atomic E-state index is -0.379. The quantitative estimate of drug-likeness (QED) is 0.878. The Hall–Kier alpha value is -2.76. The van der Waals surface area contributed by atoms with Gasteiger partial charge in [0.2, 0.25) is 0 Å². The molecule has 1 aliphatic heterocycles. The number of hydrogen-bond acceptors (Lipinski definition) is 5. The maximum atomic E-state index is 12.3. The molecular formula is C17H17NO5. The van der Waals surface area contributed by atoms with Crippen LogP contribution in [0, 0.1) is 6.92 Å². The number of hydrogen-bond donors (Lipinski definition) is 1. The number of aromatic amines is 1. The second-order valence-corrected chi connectivity index (χ2v) is 5.40. The molecule has 0 spiro atoms. The first-order chi connectivity index (χ1) is 11.0. The highest BCUT2D eigenvalue weighted by Crippen LogP contribution is 2.39. The Morgan fingerprint density at radius 1 is 1.13 bits per heavy atom. The van der Waals surface area contributed by atoms with Crippen molar-refractivity contribution in [2.45, 2.75) is 19.3 Å². The lowest BCUT2D eigenvalue weighted by molar-refractivity contribution is -0.135. The van der Waals surface area contributed by atoms with Gasteiger partial charge >= 0.3 is 5.97 Å². The molecule has 0 fully saturated rings. The highest BCUT2D eigenvalue weighted by Gasteiger charge is 2.31. The molecule has 1 atom stereocenters. The van der Waals surface area contributed by atoms with Crippen LogP contribution < -0.4 is 19.8 Å². The molecule has 1 aromatic carbocycles. The van der Waals surface area contributed by atoms with Crippen LogP contribution in [-0.4, -0.2) is 25.2 Å². The Bertz CT molecular complexity index is 824. The van der Waals surface area contributed by atoms with Gasteiger partial charge in [-0.05, 0) is 24.6 Å². The normalized spacial score (nSPS) is 16.5. The highest BCUT2D eigenvalue weighted by atomic mass is 16.5. The molecule has 6 nitrogen and oxygen atoms in total. The van der Waals surface area contributed by atoms with Crippen LogP contribution >= 0.6 is 0 Å². The summed E-state index contributed by atoms with van der Waals surface area (Å²) in [4.78, 5) is 27.0. The minimum Gasteiger partial charge on any atom is -0.493 e. The average Bonchev–Trinajstić information content (AvgIpc) is 2.52. The molecule has 23 heavy (non-hydrogen) atoms. The lowest BCUT2D eigenvalue weighted by atomic mass is 9.87. The van der Waals surface area contributed by atoms with Crippen LogP contribution in [0.4, 0.5) is 0 Å². The number of esters is 1. The number of carbonyl (C=O) groups excluding carboxylic acids is 1. The van der Waals surface area contributed by atoms with Crippen molar-refractivity contribution in [1.82, 2.24) is 4.98 Å². The van der Waals surface area contributed by atoms with Gasteiger partial charge in [-0.15, -0.1) is 0 Å². The Morgan fingerprint density at radius 2 is 1.87 bits per heavy atom. The molecule has 3 rings (SSSR count). The third kappa shape index (κ3) is 2.67. The second-order valence-electron chi connectivity index (χ2n) is 5.40. The second kappa shape index (κ2) is 5.79. The number of nitrogens with one attached hydrogen (secondary N) is 1. The number of aryl methyl sites for hydroxylation is 1. The summed E-state index contributed by atoms with van der Waals surface area (Å²) in [5.74, 6) is 0.724. The molecule has 2 heterocycles. The van der Waals surface area contributed by atoms with E-state index >= 15 is 0 Å². The number of H-pyrrole nitrogens is 1. The summed E-state index contributed by atoms with van der Waals surface area (Å²) in [5, 5.41) is 0. The number of aromatic nitrogens is 1. The number of benzene rings is 1. The molecule has 1 N–H and O–H groups in total. The molecule has 0 saturated carbocycles. The van der Waals surface area contributed by atoms with Gasteiger partial charge in [0.15, 0.2) is 11.5 Å². The first-order valence-electron chi connectivity index (χ1n) is 7.20. The third-order valence-electron chi connectivity index (χ3n) is 3.92. The summed E-state index contributed by atoms with van der Waals surface area (Å²) in [5.41, 5.74) is 1.67. The Labute approximate surface area is 133 Å². The standard InChI is InChI=1S/C17H17NO5/c1-9-6-14-16(17(20)18-9)11(8-15(19)23-14)10-4-5-12(21-2)13(7-10)22-3/h4-7,11H,8H2,1-3H3,(H,18,20). The van der Waals surface area contributed by atoms with Gasteiger partial charge in [0.25, 0.3) is 5.56 Å². The molecule has 2 aromatic rings. The van der Waals surface area contributed by atoms with E-state index in [4.69, 9.17) is 14.2 Å². The van der Waals surface area contributed by atoms with Crippen LogP contribution in [0.25, 0.3) is 0 Å². The van der Waals surface area contributed by atoms with Crippen molar-refractivity contribution < 1.29 is 19.0 Å². The zero-order valence-electron chi connectivity index (χ0n) is 13.1. The van der Waals surface area contributed by atoms with Crippen molar-refractivity contribution in [2.24, 2.45) is 0 Å². The highest BCUT2D eigenvalue weighted by molar-refractivity contribution is 5.77. The summed E-state index contributed by atoms with van der Waals surface area (Å²) in [6, 6.07) is 7.04. The molecule has 6 heteroatoms. The zero-order chi connectivity index (χ0) is 16.6. The predicted molar refractivity (Wildman–Crippen MR) is 83.4 cm³/mol. The van der Waals surface area contributed by atoms with E-state index in [0.29, 0.717) is 28.5 Å². The Morgan fingerprint density at radius 3 is 2.57 bits per heavy atom. The molecule has 0 bridgehead atoms. The maximum Gasteiger partial charge on any atom is 0.312 e. The Balaban J connectivity index is 2.15. The van der Waals surface area contributed by atoms with Crippen LogP contribution in [-0.2, 0) is 4.79 Å². The number of methoxy groups -OCH3 is 2. The number of rotatable bonds is 3. The van der Waals surface area contributed by atoms with E-state index in [1.807, 2.05) is 6.07 Å². The molecular weight excluding hydrogens is 298 g/mol. The molecule has 120 valence electrons. The van der Waals surface area contributed by atoms with Crippen LogP contribution in [0.3, 0.4) is 0 Å². The fraction of sp³-hybridized carbons (Fsp3) is 0.294. The largest absolute Gasteiger partial charge is 0.493 e. The van der Waals surface area contributed by atoms with Gasteiger partial charge in [-0.2, -0.15) is 0 Å². The molecule has 1 unspecified atom stereocenters. The van der Waals surface area contributed by atoms with Crippen LogP contribution in [0.15, 0.2) is 29.1 Å². The van der Waals surface area contributed by atoms with Gasteiger partial charge in [-0.1, -0.05) is 6.07 Å². The first-order valence-corrected chi connectivity index (χ1v) is 7.20. The van der Waals surface area contributed by atoms with Gasteiger partial charge in [0, 0.05) is 17.7 Å². The lowest BCUT2D eigenvalue weighted by Crippen LogP contribution is -2.28. The molecule has 0 saturated heterocycles. The van der Waals surface area contributed by atoms with E-state index in [1.54, 1.807) is 39.3 Å². The van der Waals surface area contributed by atoms with Crippen molar-refractivity contribution >= 4 is 5.97 Å².